The number of nitrogens with zero attached hydrogens (tertiary/aromatic N) is 1. The van der Waals surface area contributed by atoms with Crippen molar-refractivity contribution >= 4 is 33.4 Å². The maximum atomic E-state index is 12.3. The van der Waals surface area contributed by atoms with Crippen LogP contribution in [0.4, 0.5) is 5.69 Å². The van der Waals surface area contributed by atoms with Gasteiger partial charge in [0.05, 0.1) is 11.3 Å². The summed E-state index contributed by atoms with van der Waals surface area (Å²) in [5.41, 5.74) is 1.87. The zero-order chi connectivity index (χ0) is 14.8. The Morgan fingerprint density at radius 1 is 1.24 bits per heavy atom. The van der Waals surface area contributed by atoms with Gasteiger partial charge in [-0.15, -0.1) is 0 Å². The molecule has 2 heterocycles. The zero-order valence-corrected chi connectivity index (χ0v) is 12.6. The Labute approximate surface area is 129 Å². The van der Waals surface area contributed by atoms with Gasteiger partial charge >= 0.3 is 0 Å². The molecular formula is C15H12BrN3O2. The highest BCUT2D eigenvalue weighted by Gasteiger charge is 2.28. The molecule has 0 aliphatic carbocycles. The van der Waals surface area contributed by atoms with Gasteiger partial charge in [-0.1, -0.05) is 22.0 Å². The van der Waals surface area contributed by atoms with Crippen LogP contribution in [-0.4, -0.2) is 22.8 Å². The molecule has 1 aromatic carbocycles. The Kier molecular flexibility index (Phi) is 3.70. The summed E-state index contributed by atoms with van der Waals surface area (Å²) in [5, 5.41) is 5.55. The summed E-state index contributed by atoms with van der Waals surface area (Å²) in [4.78, 5) is 28.5. The molecule has 1 aliphatic heterocycles. The second kappa shape index (κ2) is 5.65. The van der Waals surface area contributed by atoms with E-state index in [1.807, 2.05) is 6.07 Å². The molecule has 2 N–H and O–H groups in total. The summed E-state index contributed by atoms with van der Waals surface area (Å²) in [6.45, 7) is 0. The van der Waals surface area contributed by atoms with Crippen LogP contribution in [0.2, 0.25) is 0 Å². The van der Waals surface area contributed by atoms with Crippen LogP contribution in [0.3, 0.4) is 0 Å². The molecule has 0 saturated carbocycles. The Balaban J connectivity index is 1.87. The number of hydrogen-bond acceptors (Lipinski definition) is 3. The van der Waals surface area contributed by atoms with E-state index in [1.165, 1.54) is 0 Å². The van der Waals surface area contributed by atoms with Gasteiger partial charge in [-0.3, -0.25) is 14.6 Å². The number of halogens is 1. The minimum absolute atomic E-state index is 0.228. The maximum absolute atomic E-state index is 12.3. The molecule has 2 amide bonds. The van der Waals surface area contributed by atoms with Gasteiger partial charge in [-0.25, -0.2) is 0 Å². The molecule has 0 bridgehead atoms. The van der Waals surface area contributed by atoms with Crippen molar-refractivity contribution < 1.29 is 9.59 Å². The second-order valence-electron chi connectivity index (χ2n) is 4.77. The Morgan fingerprint density at radius 2 is 2.10 bits per heavy atom. The van der Waals surface area contributed by atoms with Crippen molar-refractivity contribution in [3.05, 3.63) is 58.3 Å². The third kappa shape index (κ3) is 2.95. The van der Waals surface area contributed by atoms with Gasteiger partial charge in [0.25, 0.3) is 5.91 Å². The van der Waals surface area contributed by atoms with Crippen molar-refractivity contribution in [3.8, 4) is 0 Å². The maximum Gasteiger partial charge on any atom is 0.254 e. The lowest BCUT2D eigenvalue weighted by Crippen LogP contribution is -2.42. The lowest BCUT2D eigenvalue weighted by atomic mass is 10.1. The molecule has 0 saturated heterocycles. The molecule has 106 valence electrons. The molecule has 0 radical (unpaired) electrons. The molecule has 21 heavy (non-hydrogen) atoms. The predicted molar refractivity (Wildman–Crippen MR) is 82.0 cm³/mol. The third-order valence-corrected chi connectivity index (χ3v) is 3.76. The zero-order valence-electron chi connectivity index (χ0n) is 11.0. The highest BCUT2D eigenvalue weighted by Crippen LogP contribution is 2.23. The van der Waals surface area contributed by atoms with E-state index >= 15 is 0 Å². The number of amides is 2. The van der Waals surface area contributed by atoms with Crippen LogP contribution >= 0.6 is 15.9 Å². The highest BCUT2D eigenvalue weighted by atomic mass is 79.9. The monoisotopic (exact) mass is 345 g/mol. The van der Waals surface area contributed by atoms with E-state index in [0.29, 0.717) is 17.7 Å². The van der Waals surface area contributed by atoms with Crippen molar-refractivity contribution in [1.29, 1.82) is 0 Å². The number of benzene rings is 1. The van der Waals surface area contributed by atoms with Gasteiger partial charge in [0.2, 0.25) is 5.91 Å². The largest absolute Gasteiger partial charge is 0.340 e. The second-order valence-corrected chi connectivity index (χ2v) is 5.69. The number of anilines is 1. The van der Waals surface area contributed by atoms with Crippen molar-refractivity contribution in [2.24, 2.45) is 0 Å². The van der Waals surface area contributed by atoms with E-state index < -0.39 is 6.04 Å². The van der Waals surface area contributed by atoms with Crippen molar-refractivity contribution in [2.45, 2.75) is 12.5 Å². The fraction of sp³-hybridized carbons (Fsp3) is 0.133. The van der Waals surface area contributed by atoms with Crippen LogP contribution in [0.25, 0.3) is 0 Å². The molecule has 0 fully saturated rings. The molecule has 3 rings (SSSR count). The normalized spacial score (nSPS) is 17.5. The van der Waals surface area contributed by atoms with E-state index in [-0.39, 0.29) is 11.8 Å². The van der Waals surface area contributed by atoms with Gasteiger partial charge in [-0.2, -0.15) is 0 Å². The van der Waals surface area contributed by atoms with Crippen LogP contribution in [0.15, 0.2) is 47.2 Å². The van der Waals surface area contributed by atoms with Gasteiger partial charge in [0, 0.05) is 23.3 Å². The minimum Gasteiger partial charge on any atom is -0.340 e. The van der Waals surface area contributed by atoms with Gasteiger partial charge in [0.15, 0.2) is 0 Å². The van der Waals surface area contributed by atoms with Crippen molar-refractivity contribution in [2.75, 3.05) is 5.32 Å². The van der Waals surface area contributed by atoms with Crippen LogP contribution in [0, 0.1) is 0 Å². The average molecular weight is 346 g/mol. The first kappa shape index (κ1) is 13.8. The first-order valence-electron chi connectivity index (χ1n) is 6.43. The molecule has 6 heteroatoms. The molecule has 1 aromatic heterocycles. The smallest absolute Gasteiger partial charge is 0.254 e. The Hall–Kier alpha value is -2.21. The standard InChI is InChI=1S/C15H12BrN3O2/c16-10-3-4-12-11(7-10)14(20)19-13(15(21)18-12)6-9-2-1-5-17-8-9/h1-5,7-8,13H,6H2,(H,18,21)(H,19,20)/t13-/m1/s1. The van der Waals surface area contributed by atoms with E-state index in [1.54, 1.807) is 36.7 Å². The van der Waals surface area contributed by atoms with E-state index in [9.17, 15) is 9.59 Å². The SMILES string of the molecule is O=C1N[C@H](Cc2cccnc2)C(=O)Nc2ccc(Br)cc21. The Bertz CT molecular complexity index is 703. The predicted octanol–water partition coefficient (Wildman–Crippen LogP) is 2.14. The van der Waals surface area contributed by atoms with Crippen LogP contribution in [0.5, 0.6) is 0 Å². The summed E-state index contributed by atoms with van der Waals surface area (Å²) in [6.07, 6.45) is 3.76. The van der Waals surface area contributed by atoms with E-state index in [0.717, 1.165) is 10.0 Å². The van der Waals surface area contributed by atoms with Crippen LogP contribution in [-0.2, 0) is 11.2 Å². The van der Waals surface area contributed by atoms with Crippen molar-refractivity contribution in [3.63, 3.8) is 0 Å². The van der Waals surface area contributed by atoms with Crippen molar-refractivity contribution in [1.82, 2.24) is 10.3 Å². The van der Waals surface area contributed by atoms with E-state index in [4.69, 9.17) is 0 Å². The number of carbonyl (C=O) groups is 2. The van der Waals surface area contributed by atoms with Crippen LogP contribution in [0.1, 0.15) is 15.9 Å². The topological polar surface area (TPSA) is 71.1 Å². The van der Waals surface area contributed by atoms with Gasteiger partial charge in [0.1, 0.15) is 6.04 Å². The molecular weight excluding hydrogens is 334 g/mol. The molecule has 0 unspecified atom stereocenters. The summed E-state index contributed by atoms with van der Waals surface area (Å²) in [7, 11) is 0. The minimum atomic E-state index is -0.618. The van der Waals surface area contributed by atoms with Gasteiger partial charge in [-0.05, 0) is 29.8 Å². The van der Waals surface area contributed by atoms with Crippen LogP contribution < -0.4 is 10.6 Å². The average Bonchev–Trinajstić information content (AvgIpc) is 2.59. The summed E-state index contributed by atoms with van der Waals surface area (Å²) < 4.78 is 0.788. The van der Waals surface area contributed by atoms with E-state index in [2.05, 4.69) is 31.5 Å². The fourth-order valence-electron chi connectivity index (χ4n) is 2.23. The lowest BCUT2D eigenvalue weighted by molar-refractivity contribution is -0.117. The third-order valence-electron chi connectivity index (χ3n) is 3.27. The first-order chi connectivity index (χ1) is 10.1. The lowest BCUT2D eigenvalue weighted by Gasteiger charge is -2.14. The number of aromatic nitrogens is 1. The number of nitrogens with one attached hydrogen (secondary N) is 2. The number of rotatable bonds is 2. The molecule has 2 aromatic rings. The number of fused-ring (bicyclic) bond motifs is 1. The molecule has 1 atom stereocenters. The summed E-state index contributed by atoms with van der Waals surface area (Å²) in [6, 6.07) is 8.25. The Morgan fingerprint density at radius 3 is 2.86 bits per heavy atom. The molecule has 1 aliphatic rings. The summed E-state index contributed by atoms with van der Waals surface area (Å²) in [5.74, 6) is -0.494. The number of carbonyl (C=O) groups excluding carboxylic acids is 2. The molecule has 0 spiro atoms. The summed E-state index contributed by atoms with van der Waals surface area (Å²) >= 11 is 3.33. The number of hydrogen-bond donors (Lipinski definition) is 2. The molecule has 5 nitrogen and oxygen atoms in total. The quantitative estimate of drug-likeness (QED) is 0.875. The number of pyridine rings is 1. The highest BCUT2D eigenvalue weighted by molar-refractivity contribution is 9.10. The van der Waals surface area contributed by atoms with Gasteiger partial charge < -0.3 is 10.6 Å². The first-order valence-corrected chi connectivity index (χ1v) is 7.23. The fourth-order valence-corrected chi connectivity index (χ4v) is 2.59.